The zero-order valence-electron chi connectivity index (χ0n) is 34.1. The van der Waals surface area contributed by atoms with E-state index in [9.17, 15) is 0 Å². The van der Waals surface area contributed by atoms with Gasteiger partial charge in [-0.05, 0) is 111 Å². The van der Waals surface area contributed by atoms with Gasteiger partial charge in [0.2, 0.25) is 5.95 Å². The van der Waals surface area contributed by atoms with Crippen LogP contribution < -0.4 is 0 Å². The summed E-state index contributed by atoms with van der Waals surface area (Å²) in [5.41, 5.74) is 16.8. The lowest BCUT2D eigenvalue weighted by molar-refractivity contribution is 0.668. The lowest BCUT2D eigenvalue weighted by Crippen LogP contribution is -2.25. The molecule has 2 aliphatic carbocycles. The lowest BCUT2D eigenvalue weighted by Gasteiger charge is -2.30. The third-order valence-corrected chi connectivity index (χ3v) is 13.9. The Morgan fingerprint density at radius 1 is 0.328 bits per heavy atom. The summed E-state index contributed by atoms with van der Waals surface area (Å²) in [6.45, 7) is 0. The van der Waals surface area contributed by atoms with Crippen molar-refractivity contribution in [3.05, 3.63) is 216 Å². The van der Waals surface area contributed by atoms with Gasteiger partial charge in [0, 0.05) is 43.4 Å². The van der Waals surface area contributed by atoms with E-state index in [0.29, 0.717) is 17.6 Å². The lowest BCUT2D eigenvalue weighted by atomic mass is 9.70. The molecule has 1 spiro atoms. The maximum Gasteiger partial charge on any atom is 0.238 e. The zero-order chi connectivity index (χ0) is 41.7. The quantitative estimate of drug-likeness (QED) is 0.178. The van der Waals surface area contributed by atoms with Crippen molar-refractivity contribution in [1.29, 1.82) is 0 Å². The highest BCUT2D eigenvalue weighted by Gasteiger charge is 2.51. The summed E-state index contributed by atoms with van der Waals surface area (Å²) >= 11 is 0. The molecule has 0 amide bonds. The number of hydrogen-bond acceptors (Lipinski definition) is 5. The zero-order valence-corrected chi connectivity index (χ0v) is 34.1. The van der Waals surface area contributed by atoms with Crippen molar-refractivity contribution in [2.24, 2.45) is 0 Å². The van der Waals surface area contributed by atoms with E-state index in [-0.39, 0.29) is 0 Å². The van der Waals surface area contributed by atoms with E-state index in [1.807, 2.05) is 48.5 Å². The Bertz CT molecular complexity index is 3990. The molecule has 15 rings (SSSR count). The Labute approximate surface area is 365 Å². The molecule has 296 valence electrons. The van der Waals surface area contributed by atoms with Crippen molar-refractivity contribution in [2.45, 2.75) is 5.41 Å². The first-order valence-corrected chi connectivity index (χ1v) is 21.7. The fourth-order valence-corrected chi connectivity index (χ4v) is 11.2. The van der Waals surface area contributed by atoms with Crippen molar-refractivity contribution < 1.29 is 8.83 Å². The topological polar surface area (TPSA) is 69.9 Å². The second kappa shape index (κ2) is 12.3. The molecule has 0 unspecified atom stereocenters. The third kappa shape index (κ3) is 4.36. The number of fused-ring (bicyclic) bond motifs is 19. The fraction of sp³-hybridized carbons (Fsp3) is 0.0172. The maximum absolute atomic E-state index is 6.26. The average molecular weight is 817 g/mol. The highest BCUT2D eigenvalue weighted by molar-refractivity contribution is 6.13. The number of aromatic nitrogens is 4. The number of para-hydroxylation sites is 3. The van der Waals surface area contributed by atoms with Crippen LogP contribution in [0.2, 0.25) is 0 Å². The van der Waals surface area contributed by atoms with Crippen LogP contribution in [0.15, 0.2) is 203 Å². The summed E-state index contributed by atoms with van der Waals surface area (Å²) in [7, 11) is 0. The molecule has 0 saturated carbocycles. The first-order chi connectivity index (χ1) is 31.7. The van der Waals surface area contributed by atoms with Crippen molar-refractivity contribution in [3.8, 4) is 51.0 Å². The Balaban J connectivity index is 1.04. The third-order valence-electron chi connectivity index (χ3n) is 13.9. The van der Waals surface area contributed by atoms with Crippen LogP contribution in [0.4, 0.5) is 0 Å². The van der Waals surface area contributed by atoms with E-state index in [1.54, 1.807) is 0 Å². The van der Waals surface area contributed by atoms with Gasteiger partial charge < -0.3 is 8.83 Å². The van der Waals surface area contributed by atoms with Crippen molar-refractivity contribution in [1.82, 2.24) is 19.5 Å². The summed E-state index contributed by atoms with van der Waals surface area (Å²) in [6.07, 6.45) is 0. The Hall–Kier alpha value is -8.61. The van der Waals surface area contributed by atoms with Gasteiger partial charge in [0.1, 0.15) is 22.3 Å². The summed E-state index contributed by atoms with van der Waals surface area (Å²) < 4.78 is 14.8. The molecule has 0 fully saturated rings. The minimum absolute atomic E-state index is 0.504. The normalized spacial score (nSPS) is 13.4. The minimum Gasteiger partial charge on any atom is -0.456 e. The van der Waals surface area contributed by atoms with Gasteiger partial charge >= 0.3 is 0 Å². The minimum atomic E-state index is -0.504. The second-order valence-corrected chi connectivity index (χ2v) is 17.1. The van der Waals surface area contributed by atoms with Crippen LogP contribution in [0.25, 0.3) is 117 Å². The summed E-state index contributed by atoms with van der Waals surface area (Å²) in [5.74, 6) is 1.68. The molecule has 0 saturated heterocycles. The number of furan rings is 2. The molecule has 0 N–H and O–H groups in total. The molecule has 0 radical (unpaired) electrons. The van der Waals surface area contributed by atoms with E-state index >= 15 is 0 Å². The van der Waals surface area contributed by atoms with Crippen LogP contribution in [-0.2, 0) is 5.41 Å². The van der Waals surface area contributed by atoms with Crippen LogP contribution >= 0.6 is 0 Å². The molecule has 13 aromatic rings. The first-order valence-electron chi connectivity index (χ1n) is 21.7. The largest absolute Gasteiger partial charge is 0.456 e. The van der Waals surface area contributed by atoms with E-state index in [2.05, 4.69) is 150 Å². The van der Waals surface area contributed by atoms with Gasteiger partial charge in [-0.1, -0.05) is 127 Å². The molecule has 0 aliphatic heterocycles. The first kappa shape index (κ1) is 34.0. The number of hydrogen-bond donors (Lipinski definition) is 0. The Morgan fingerprint density at radius 2 is 0.797 bits per heavy atom. The molecule has 0 bridgehead atoms. The van der Waals surface area contributed by atoms with E-state index in [1.165, 1.54) is 44.5 Å². The average Bonchev–Trinajstić information content (AvgIpc) is 4.14. The van der Waals surface area contributed by atoms with Crippen LogP contribution in [0, 0.1) is 0 Å². The van der Waals surface area contributed by atoms with Gasteiger partial charge in [0.05, 0.1) is 16.4 Å². The van der Waals surface area contributed by atoms with Crippen LogP contribution in [0.5, 0.6) is 0 Å². The van der Waals surface area contributed by atoms with Crippen molar-refractivity contribution in [2.75, 3.05) is 0 Å². The second-order valence-electron chi connectivity index (χ2n) is 17.1. The van der Waals surface area contributed by atoms with Gasteiger partial charge in [0.25, 0.3) is 0 Å². The molecule has 9 aromatic carbocycles. The Morgan fingerprint density at radius 3 is 1.38 bits per heavy atom. The van der Waals surface area contributed by atoms with Crippen molar-refractivity contribution in [3.63, 3.8) is 0 Å². The molecule has 4 aromatic heterocycles. The number of benzene rings is 9. The fourth-order valence-electron chi connectivity index (χ4n) is 11.2. The smallest absolute Gasteiger partial charge is 0.238 e. The molecular formula is C58H32N4O2. The monoisotopic (exact) mass is 816 g/mol. The standard InChI is InChI=1S/C58H32N4O2/c1-7-19-45-35(13-1)36-14-2-8-20-46(36)58(45)47-21-9-3-15-37(47)41-31-42-38-16-4-10-22-49(38)62(50(42)32-48(41)58)57-60-55(33-25-27-53-43(29-33)39-17-5-11-23-51(39)63-53)59-56(61-57)34-26-28-54-44(30-34)40-18-6-12-24-52(40)64-54/h1-32H. The van der Waals surface area contributed by atoms with E-state index < -0.39 is 5.41 Å². The van der Waals surface area contributed by atoms with Gasteiger partial charge in [-0.25, -0.2) is 4.98 Å². The van der Waals surface area contributed by atoms with Gasteiger partial charge in [0.15, 0.2) is 11.6 Å². The van der Waals surface area contributed by atoms with E-state index in [0.717, 1.165) is 76.8 Å². The van der Waals surface area contributed by atoms with Gasteiger partial charge in [-0.3, -0.25) is 4.57 Å². The molecule has 2 aliphatic rings. The number of nitrogens with zero attached hydrogens (tertiary/aromatic N) is 4. The predicted octanol–water partition coefficient (Wildman–Crippen LogP) is 14.4. The number of rotatable bonds is 3. The summed E-state index contributed by atoms with van der Waals surface area (Å²) in [6, 6.07) is 69.1. The van der Waals surface area contributed by atoms with Crippen LogP contribution in [0.3, 0.4) is 0 Å². The maximum atomic E-state index is 6.26. The highest BCUT2D eigenvalue weighted by Crippen LogP contribution is 2.63. The molecular weight excluding hydrogens is 785 g/mol. The molecule has 4 heterocycles. The van der Waals surface area contributed by atoms with E-state index in [4.69, 9.17) is 23.8 Å². The Kier molecular flexibility index (Phi) is 6.53. The van der Waals surface area contributed by atoms with Crippen LogP contribution in [-0.4, -0.2) is 19.5 Å². The SMILES string of the molecule is c1ccc2c(c1)-c1ccccc1C21c2ccccc2-c2cc3c4ccccc4n(-c4nc(-c5ccc6oc7ccccc7c6c5)nc(-c5ccc6oc7ccccc7c6c5)n4)c3cc21. The van der Waals surface area contributed by atoms with Gasteiger partial charge in [-0.2, -0.15) is 9.97 Å². The molecule has 0 atom stereocenters. The predicted molar refractivity (Wildman–Crippen MR) is 256 cm³/mol. The summed E-state index contributed by atoms with van der Waals surface area (Å²) in [5, 5.41) is 6.39. The molecule has 6 heteroatoms. The molecule has 64 heavy (non-hydrogen) atoms. The molecule has 6 nitrogen and oxygen atoms in total. The summed E-state index contributed by atoms with van der Waals surface area (Å²) in [4.78, 5) is 16.1. The highest BCUT2D eigenvalue weighted by atomic mass is 16.3. The van der Waals surface area contributed by atoms with Crippen molar-refractivity contribution >= 4 is 65.7 Å². The van der Waals surface area contributed by atoms with Gasteiger partial charge in [-0.15, -0.1) is 0 Å². The van der Waals surface area contributed by atoms with Crippen LogP contribution in [0.1, 0.15) is 22.3 Å².